The van der Waals surface area contributed by atoms with E-state index in [1.165, 1.54) is 41.9 Å². The van der Waals surface area contributed by atoms with Crippen LogP contribution < -0.4 is 10.6 Å². The lowest BCUT2D eigenvalue weighted by Gasteiger charge is -2.22. The number of benzene rings is 2. The monoisotopic (exact) mass is 395 g/mol. The van der Waals surface area contributed by atoms with Gasteiger partial charge in [-0.1, -0.05) is 29.5 Å². The van der Waals surface area contributed by atoms with E-state index in [9.17, 15) is 9.18 Å². The van der Waals surface area contributed by atoms with Crippen LogP contribution in [0.25, 0.3) is 10.2 Å². The summed E-state index contributed by atoms with van der Waals surface area (Å²) in [4.78, 5) is 17.5. The third-order valence-corrected chi connectivity index (χ3v) is 6.66. The molecule has 0 spiro atoms. The Hall–Kier alpha value is -2.47. The number of fused-ring (bicyclic) bond motifs is 1. The first-order valence-electron chi connectivity index (χ1n) is 9.90. The lowest BCUT2D eigenvalue weighted by molar-refractivity contribution is 0.0935. The maximum atomic E-state index is 13.4. The van der Waals surface area contributed by atoms with Gasteiger partial charge in [-0.2, -0.15) is 0 Å². The Kier molecular flexibility index (Phi) is 4.51. The van der Waals surface area contributed by atoms with Crippen molar-refractivity contribution in [2.75, 3.05) is 5.32 Å². The first-order chi connectivity index (χ1) is 13.7. The molecular weight excluding hydrogens is 373 g/mol. The fourth-order valence-corrected chi connectivity index (χ4v) is 5.08. The predicted octanol–water partition coefficient (Wildman–Crippen LogP) is 5.08. The summed E-state index contributed by atoms with van der Waals surface area (Å²) in [7, 11) is 0. The van der Waals surface area contributed by atoms with Gasteiger partial charge in [0.15, 0.2) is 5.13 Å². The van der Waals surface area contributed by atoms with Crippen molar-refractivity contribution >= 4 is 32.6 Å². The zero-order chi connectivity index (χ0) is 19.1. The average molecular weight is 396 g/mol. The third kappa shape index (κ3) is 3.49. The molecule has 1 heterocycles. The molecule has 2 fully saturated rings. The van der Waals surface area contributed by atoms with E-state index in [0.717, 1.165) is 40.2 Å². The van der Waals surface area contributed by atoms with Gasteiger partial charge < -0.3 is 10.6 Å². The first kappa shape index (κ1) is 17.6. The van der Waals surface area contributed by atoms with E-state index < -0.39 is 0 Å². The molecule has 2 atom stereocenters. The van der Waals surface area contributed by atoms with Crippen LogP contribution in [-0.4, -0.2) is 23.0 Å². The fraction of sp³-hybridized carbons (Fsp3) is 0.364. The SMILES string of the molecule is O=C(NC1CCCC1Nc1nc2ccc(F)cc2s1)c1ccccc1C1CC1. The van der Waals surface area contributed by atoms with Gasteiger partial charge in [0.25, 0.3) is 5.91 Å². The van der Waals surface area contributed by atoms with Crippen LogP contribution in [0.2, 0.25) is 0 Å². The Morgan fingerprint density at radius 2 is 1.89 bits per heavy atom. The second kappa shape index (κ2) is 7.17. The van der Waals surface area contributed by atoms with Gasteiger partial charge in [-0.05, 0) is 67.9 Å². The largest absolute Gasteiger partial charge is 0.357 e. The lowest BCUT2D eigenvalue weighted by atomic mass is 10.0. The average Bonchev–Trinajstić information content (AvgIpc) is 3.34. The summed E-state index contributed by atoms with van der Waals surface area (Å²) in [6.07, 6.45) is 5.35. The van der Waals surface area contributed by atoms with Gasteiger partial charge in [-0.15, -0.1) is 0 Å². The number of rotatable bonds is 5. The van der Waals surface area contributed by atoms with Crippen molar-refractivity contribution in [1.29, 1.82) is 0 Å². The fourth-order valence-electron chi connectivity index (χ4n) is 4.12. The van der Waals surface area contributed by atoms with Crippen LogP contribution in [-0.2, 0) is 0 Å². The predicted molar refractivity (Wildman–Crippen MR) is 111 cm³/mol. The molecule has 144 valence electrons. The third-order valence-electron chi connectivity index (χ3n) is 5.71. The molecule has 5 rings (SSSR count). The smallest absolute Gasteiger partial charge is 0.251 e. The molecule has 2 N–H and O–H groups in total. The number of carbonyl (C=O) groups is 1. The van der Waals surface area contributed by atoms with Gasteiger partial charge >= 0.3 is 0 Å². The van der Waals surface area contributed by atoms with Crippen LogP contribution >= 0.6 is 11.3 Å². The van der Waals surface area contributed by atoms with Crippen LogP contribution in [0.15, 0.2) is 42.5 Å². The first-order valence-corrected chi connectivity index (χ1v) is 10.7. The Morgan fingerprint density at radius 3 is 2.75 bits per heavy atom. The minimum absolute atomic E-state index is 0.0209. The normalized spacial score (nSPS) is 21.8. The van der Waals surface area contributed by atoms with Crippen molar-refractivity contribution in [1.82, 2.24) is 10.3 Å². The molecule has 0 bridgehead atoms. The number of aromatic nitrogens is 1. The van der Waals surface area contributed by atoms with Crippen LogP contribution in [0.3, 0.4) is 0 Å². The topological polar surface area (TPSA) is 54.0 Å². The molecule has 1 amide bonds. The molecule has 6 heteroatoms. The number of anilines is 1. The van der Waals surface area contributed by atoms with Crippen molar-refractivity contribution in [3.8, 4) is 0 Å². The number of nitrogens with zero attached hydrogens (tertiary/aromatic N) is 1. The van der Waals surface area contributed by atoms with Crippen molar-refractivity contribution in [2.45, 2.75) is 50.1 Å². The maximum Gasteiger partial charge on any atom is 0.251 e. The summed E-state index contributed by atoms with van der Waals surface area (Å²) in [5.74, 6) is 0.318. The zero-order valence-corrected chi connectivity index (χ0v) is 16.3. The summed E-state index contributed by atoms with van der Waals surface area (Å²) in [6.45, 7) is 0. The quantitative estimate of drug-likeness (QED) is 0.634. The van der Waals surface area contributed by atoms with Crippen LogP contribution in [0.5, 0.6) is 0 Å². The van der Waals surface area contributed by atoms with Gasteiger partial charge in [0, 0.05) is 17.6 Å². The van der Waals surface area contributed by atoms with E-state index in [1.807, 2.05) is 18.2 Å². The van der Waals surface area contributed by atoms with Crippen molar-refractivity contribution < 1.29 is 9.18 Å². The van der Waals surface area contributed by atoms with Crippen LogP contribution in [0.4, 0.5) is 9.52 Å². The standard InChI is InChI=1S/C22H22FN3OS/c23-14-10-11-19-20(12-14)28-22(26-19)25-18-7-3-6-17(18)24-21(27)16-5-2-1-4-15(16)13-8-9-13/h1-2,4-5,10-13,17-18H,3,6-9H2,(H,24,27)(H,25,26). The highest BCUT2D eigenvalue weighted by Gasteiger charge is 2.32. The summed E-state index contributed by atoms with van der Waals surface area (Å²) in [5, 5.41) is 7.51. The number of halogens is 1. The van der Waals surface area contributed by atoms with Crippen LogP contribution in [0, 0.1) is 5.82 Å². The number of hydrogen-bond acceptors (Lipinski definition) is 4. The lowest BCUT2D eigenvalue weighted by Crippen LogP contribution is -2.43. The maximum absolute atomic E-state index is 13.4. The molecule has 3 aromatic rings. The van der Waals surface area contributed by atoms with Gasteiger partial charge in [-0.25, -0.2) is 9.37 Å². The minimum atomic E-state index is -0.247. The van der Waals surface area contributed by atoms with Gasteiger partial charge in [0.2, 0.25) is 0 Å². The van der Waals surface area contributed by atoms with Crippen molar-refractivity contribution in [3.63, 3.8) is 0 Å². The van der Waals surface area contributed by atoms with Gasteiger partial charge in [-0.3, -0.25) is 4.79 Å². The number of nitrogens with one attached hydrogen (secondary N) is 2. The Morgan fingerprint density at radius 1 is 1.07 bits per heavy atom. The molecule has 2 aromatic carbocycles. The van der Waals surface area contributed by atoms with Crippen molar-refractivity contribution in [3.05, 3.63) is 59.4 Å². The summed E-state index contributed by atoms with van der Waals surface area (Å²) < 4.78 is 14.3. The molecular formula is C22H22FN3OS. The molecule has 2 aliphatic carbocycles. The molecule has 28 heavy (non-hydrogen) atoms. The second-order valence-corrected chi connectivity index (χ2v) is 8.78. The molecule has 0 aliphatic heterocycles. The molecule has 0 radical (unpaired) electrons. The van der Waals surface area contributed by atoms with E-state index in [0.29, 0.717) is 5.92 Å². The Bertz CT molecular complexity index is 1030. The van der Waals surface area contributed by atoms with Gasteiger partial charge in [0.1, 0.15) is 5.82 Å². The number of hydrogen-bond donors (Lipinski definition) is 2. The zero-order valence-electron chi connectivity index (χ0n) is 15.5. The summed E-state index contributed by atoms with van der Waals surface area (Å²) >= 11 is 1.46. The van der Waals surface area contributed by atoms with E-state index in [2.05, 4.69) is 21.7 Å². The number of amides is 1. The van der Waals surface area contributed by atoms with E-state index >= 15 is 0 Å². The molecule has 2 saturated carbocycles. The Balaban J connectivity index is 1.30. The van der Waals surface area contributed by atoms with Crippen molar-refractivity contribution in [2.24, 2.45) is 0 Å². The second-order valence-electron chi connectivity index (χ2n) is 7.75. The minimum Gasteiger partial charge on any atom is -0.357 e. The van der Waals surface area contributed by atoms with E-state index in [1.54, 1.807) is 6.07 Å². The highest BCUT2D eigenvalue weighted by atomic mass is 32.1. The molecule has 1 aromatic heterocycles. The molecule has 2 aliphatic rings. The Labute approximate surface area is 167 Å². The van der Waals surface area contributed by atoms with Gasteiger partial charge in [0.05, 0.1) is 10.2 Å². The summed E-state index contributed by atoms with van der Waals surface area (Å²) in [5.41, 5.74) is 2.78. The molecule has 0 saturated heterocycles. The molecule has 4 nitrogen and oxygen atoms in total. The van der Waals surface area contributed by atoms with E-state index in [4.69, 9.17) is 0 Å². The molecule has 2 unspecified atom stereocenters. The van der Waals surface area contributed by atoms with E-state index in [-0.39, 0.29) is 23.8 Å². The highest BCUT2D eigenvalue weighted by molar-refractivity contribution is 7.22. The van der Waals surface area contributed by atoms with Crippen LogP contribution in [0.1, 0.15) is 53.9 Å². The number of carbonyl (C=O) groups excluding carboxylic acids is 1. The highest BCUT2D eigenvalue weighted by Crippen LogP contribution is 2.41. The summed E-state index contributed by atoms with van der Waals surface area (Å²) in [6, 6.07) is 12.8. The number of thiazole rings is 1.